The molecule has 0 aromatic carbocycles. The third kappa shape index (κ3) is 6.47. The fourth-order valence-corrected chi connectivity index (χ4v) is 1.33. The molecule has 0 saturated carbocycles. The lowest BCUT2D eigenvalue weighted by Gasteiger charge is -1.94. The van der Waals surface area contributed by atoms with Crippen LogP contribution in [0.5, 0.6) is 0 Å². The summed E-state index contributed by atoms with van der Waals surface area (Å²) in [6.07, 6.45) is 25.5. The largest absolute Gasteiger partial charge is 0.0879 e. The van der Waals surface area contributed by atoms with Crippen molar-refractivity contribution in [1.29, 1.82) is 0 Å². The molecule has 0 heteroatoms. The highest BCUT2D eigenvalue weighted by atomic mass is 13.9. The van der Waals surface area contributed by atoms with Crippen molar-refractivity contribution in [2.45, 2.75) is 32.1 Å². The molecular formula is C14H19. The first-order valence-corrected chi connectivity index (χ1v) is 5.45. The summed E-state index contributed by atoms with van der Waals surface area (Å²) in [6, 6.07) is 0. The van der Waals surface area contributed by atoms with Gasteiger partial charge in [-0.05, 0) is 38.5 Å². The molecule has 0 aromatic rings. The lowest BCUT2D eigenvalue weighted by Crippen LogP contribution is -1.76. The first-order valence-electron chi connectivity index (χ1n) is 5.45. The van der Waals surface area contributed by atoms with Gasteiger partial charge in [0.25, 0.3) is 0 Å². The van der Waals surface area contributed by atoms with E-state index in [0.717, 1.165) is 12.8 Å². The van der Waals surface area contributed by atoms with Gasteiger partial charge in [-0.3, -0.25) is 0 Å². The van der Waals surface area contributed by atoms with Crippen LogP contribution in [0.15, 0.2) is 48.6 Å². The molecule has 1 rings (SSSR count). The third-order valence-corrected chi connectivity index (χ3v) is 2.13. The Bertz CT molecular complexity index is 228. The average Bonchev–Trinajstić information content (AvgIpc) is 2.22. The molecular weight excluding hydrogens is 168 g/mol. The van der Waals surface area contributed by atoms with E-state index in [0.29, 0.717) is 0 Å². The molecule has 1 aliphatic rings. The molecule has 0 aromatic heterocycles. The molecule has 0 aliphatic heterocycles. The van der Waals surface area contributed by atoms with Crippen LogP contribution in [-0.4, -0.2) is 0 Å². The Morgan fingerprint density at radius 3 is 2.29 bits per heavy atom. The maximum atomic E-state index is 2.36. The molecule has 1 aliphatic carbocycles. The summed E-state index contributed by atoms with van der Waals surface area (Å²) in [5, 5.41) is 0. The van der Waals surface area contributed by atoms with E-state index < -0.39 is 0 Å². The first kappa shape index (κ1) is 11.0. The van der Waals surface area contributed by atoms with Crippen LogP contribution < -0.4 is 0 Å². The van der Waals surface area contributed by atoms with Crippen LogP contribution in [0.2, 0.25) is 0 Å². The zero-order valence-corrected chi connectivity index (χ0v) is 8.73. The summed E-state index contributed by atoms with van der Waals surface area (Å²) < 4.78 is 0. The molecule has 0 heterocycles. The Balaban J connectivity index is 2.36. The van der Waals surface area contributed by atoms with E-state index in [1.807, 2.05) is 0 Å². The smallest absolute Gasteiger partial charge is 0.0166 e. The van der Waals surface area contributed by atoms with Crippen LogP contribution in [-0.2, 0) is 0 Å². The molecule has 14 heavy (non-hydrogen) atoms. The monoisotopic (exact) mass is 187 g/mol. The number of hydrogen-bond acceptors (Lipinski definition) is 0. The molecule has 0 saturated heterocycles. The van der Waals surface area contributed by atoms with Crippen molar-refractivity contribution in [3.05, 3.63) is 55.0 Å². The van der Waals surface area contributed by atoms with Crippen LogP contribution in [0.4, 0.5) is 0 Å². The van der Waals surface area contributed by atoms with Gasteiger partial charge in [0, 0.05) is 0 Å². The predicted molar refractivity (Wildman–Crippen MR) is 63.9 cm³/mol. The molecule has 0 atom stereocenters. The van der Waals surface area contributed by atoms with E-state index in [2.05, 4.69) is 55.0 Å². The highest BCUT2D eigenvalue weighted by molar-refractivity contribution is 5.12. The van der Waals surface area contributed by atoms with E-state index in [1.165, 1.54) is 19.3 Å². The standard InChI is InChI=1S/C14H19/c1-2-4-6-8-10-12-14-13-11-9-7-5-3-1/h1-6,9,11,14H,7-8,10,12-13H2/b2-1+,5-3-,6-4-,11-9-. The first-order chi connectivity index (χ1) is 7.00. The summed E-state index contributed by atoms with van der Waals surface area (Å²) in [5.41, 5.74) is 0. The van der Waals surface area contributed by atoms with E-state index >= 15 is 0 Å². The molecule has 0 fully saturated rings. The predicted octanol–water partition coefficient (Wildman–Crippen LogP) is 4.38. The van der Waals surface area contributed by atoms with E-state index in [1.54, 1.807) is 0 Å². The highest BCUT2D eigenvalue weighted by Gasteiger charge is 1.85. The molecule has 1 radical (unpaired) electrons. The van der Waals surface area contributed by atoms with E-state index in [9.17, 15) is 0 Å². The Labute approximate surface area is 87.7 Å². The SMILES string of the molecule is [CH]1C/C=C\C\C=C/C=C/C=C\CCC1. The summed E-state index contributed by atoms with van der Waals surface area (Å²) in [7, 11) is 0. The fraction of sp³-hybridized carbons (Fsp3) is 0.357. The van der Waals surface area contributed by atoms with Gasteiger partial charge in [0.2, 0.25) is 0 Å². The van der Waals surface area contributed by atoms with Crippen LogP contribution in [0.1, 0.15) is 32.1 Å². The van der Waals surface area contributed by atoms with Crippen molar-refractivity contribution in [1.82, 2.24) is 0 Å². The topological polar surface area (TPSA) is 0 Å². The number of hydrogen-bond donors (Lipinski definition) is 0. The summed E-state index contributed by atoms with van der Waals surface area (Å²) in [5.74, 6) is 0. The van der Waals surface area contributed by atoms with Gasteiger partial charge in [-0.25, -0.2) is 0 Å². The van der Waals surface area contributed by atoms with Crippen molar-refractivity contribution in [2.24, 2.45) is 0 Å². The van der Waals surface area contributed by atoms with E-state index in [-0.39, 0.29) is 0 Å². The summed E-state index contributed by atoms with van der Waals surface area (Å²) in [4.78, 5) is 0. The summed E-state index contributed by atoms with van der Waals surface area (Å²) >= 11 is 0. The van der Waals surface area contributed by atoms with Gasteiger partial charge < -0.3 is 0 Å². The zero-order chi connectivity index (χ0) is 9.90. The molecule has 0 spiro atoms. The Kier molecular flexibility index (Phi) is 6.74. The molecule has 75 valence electrons. The Morgan fingerprint density at radius 2 is 1.36 bits per heavy atom. The highest BCUT2D eigenvalue weighted by Crippen LogP contribution is 2.04. The maximum Gasteiger partial charge on any atom is -0.0166 e. The minimum Gasteiger partial charge on any atom is -0.0879 e. The van der Waals surface area contributed by atoms with Crippen LogP contribution in [0, 0.1) is 6.42 Å². The quantitative estimate of drug-likeness (QED) is 0.494. The third-order valence-electron chi connectivity index (χ3n) is 2.13. The van der Waals surface area contributed by atoms with Crippen molar-refractivity contribution in [3.63, 3.8) is 0 Å². The van der Waals surface area contributed by atoms with Gasteiger partial charge in [0.15, 0.2) is 0 Å². The average molecular weight is 187 g/mol. The van der Waals surface area contributed by atoms with Gasteiger partial charge in [-0.1, -0.05) is 48.6 Å². The second-order valence-electron chi connectivity index (χ2n) is 3.40. The maximum absolute atomic E-state index is 2.36. The minimum atomic E-state index is 1.04. The van der Waals surface area contributed by atoms with Gasteiger partial charge in [0.05, 0.1) is 0 Å². The fourth-order valence-electron chi connectivity index (χ4n) is 1.33. The zero-order valence-electron chi connectivity index (χ0n) is 8.73. The van der Waals surface area contributed by atoms with Crippen LogP contribution in [0.25, 0.3) is 0 Å². The van der Waals surface area contributed by atoms with Crippen molar-refractivity contribution >= 4 is 0 Å². The van der Waals surface area contributed by atoms with Crippen molar-refractivity contribution in [3.8, 4) is 0 Å². The molecule has 0 unspecified atom stereocenters. The lowest BCUT2D eigenvalue weighted by atomic mass is 10.1. The van der Waals surface area contributed by atoms with Gasteiger partial charge in [-0.2, -0.15) is 0 Å². The number of allylic oxidation sites excluding steroid dienone is 8. The van der Waals surface area contributed by atoms with Gasteiger partial charge in [-0.15, -0.1) is 0 Å². The van der Waals surface area contributed by atoms with Crippen LogP contribution in [0.3, 0.4) is 0 Å². The lowest BCUT2D eigenvalue weighted by molar-refractivity contribution is 0.811. The van der Waals surface area contributed by atoms with Gasteiger partial charge >= 0.3 is 0 Å². The molecule has 0 nitrogen and oxygen atoms in total. The Hall–Kier alpha value is -1.04. The Morgan fingerprint density at radius 1 is 0.571 bits per heavy atom. The van der Waals surface area contributed by atoms with Crippen molar-refractivity contribution < 1.29 is 0 Å². The van der Waals surface area contributed by atoms with Crippen molar-refractivity contribution in [2.75, 3.05) is 0 Å². The second-order valence-corrected chi connectivity index (χ2v) is 3.40. The van der Waals surface area contributed by atoms with Gasteiger partial charge in [0.1, 0.15) is 0 Å². The molecule has 0 N–H and O–H groups in total. The second kappa shape index (κ2) is 8.55. The normalized spacial score (nSPS) is 28.6. The summed E-state index contributed by atoms with van der Waals surface area (Å²) in [6.45, 7) is 0. The van der Waals surface area contributed by atoms with Crippen LogP contribution >= 0.6 is 0 Å². The molecule has 0 amide bonds. The minimum absolute atomic E-state index is 1.04. The molecule has 0 bridgehead atoms. The van der Waals surface area contributed by atoms with E-state index in [4.69, 9.17) is 0 Å². The number of rotatable bonds is 0.